The van der Waals surface area contributed by atoms with Crippen LogP contribution in [0.15, 0.2) is 18.3 Å². The van der Waals surface area contributed by atoms with Gasteiger partial charge in [-0.3, -0.25) is 0 Å². The van der Waals surface area contributed by atoms with E-state index in [2.05, 4.69) is 9.97 Å². The van der Waals surface area contributed by atoms with Crippen molar-refractivity contribution in [2.24, 2.45) is 0 Å². The number of hydrogen-bond donors (Lipinski definition) is 1. The fraction of sp³-hybridized carbons (Fsp3) is 0.200. The van der Waals surface area contributed by atoms with Crippen LogP contribution in [0, 0.1) is 0 Å². The Labute approximate surface area is 77.3 Å². The molecule has 2 N–H and O–H groups in total. The van der Waals surface area contributed by atoms with Crippen LogP contribution in [0.2, 0.25) is 0 Å². The fourth-order valence-electron chi connectivity index (χ4n) is 0.962. The molecule has 1 rings (SSSR count). The lowest BCUT2D eigenvalue weighted by atomic mass is 10.3. The molecule has 1 aromatic rings. The maximum atomic E-state index is 5.47. The van der Waals surface area contributed by atoms with Crippen molar-refractivity contribution in [2.45, 2.75) is 13.8 Å². The number of aromatic nitrogens is 2. The van der Waals surface area contributed by atoms with E-state index in [0.717, 1.165) is 10.6 Å². The van der Waals surface area contributed by atoms with Crippen LogP contribution in [0.3, 0.4) is 0 Å². The SMILES string of the molecule is C\C=C/C=c1/nc(N)nc/c1=C/C. The van der Waals surface area contributed by atoms with Crippen LogP contribution in [0.4, 0.5) is 5.95 Å². The minimum absolute atomic E-state index is 0.307. The van der Waals surface area contributed by atoms with Crippen molar-refractivity contribution >= 4 is 18.1 Å². The molecule has 0 spiro atoms. The molecule has 13 heavy (non-hydrogen) atoms. The Morgan fingerprint density at radius 3 is 2.77 bits per heavy atom. The molecule has 3 heteroatoms. The highest BCUT2D eigenvalue weighted by molar-refractivity contribution is 5.37. The van der Waals surface area contributed by atoms with Gasteiger partial charge in [-0.05, 0) is 19.9 Å². The zero-order valence-corrected chi connectivity index (χ0v) is 7.86. The molecule has 0 saturated carbocycles. The van der Waals surface area contributed by atoms with Gasteiger partial charge in [0.15, 0.2) is 0 Å². The lowest BCUT2D eigenvalue weighted by molar-refractivity contribution is 1.12. The van der Waals surface area contributed by atoms with Crippen molar-refractivity contribution in [1.82, 2.24) is 9.97 Å². The lowest BCUT2D eigenvalue weighted by Gasteiger charge is -1.90. The number of hydrogen-bond acceptors (Lipinski definition) is 3. The molecular formula is C10H13N3. The van der Waals surface area contributed by atoms with Crippen LogP contribution in [0.1, 0.15) is 13.8 Å². The molecule has 0 saturated heterocycles. The van der Waals surface area contributed by atoms with E-state index in [-0.39, 0.29) is 0 Å². The average Bonchev–Trinajstić information content (AvgIpc) is 2.15. The molecule has 1 aromatic heterocycles. The van der Waals surface area contributed by atoms with Gasteiger partial charge in [-0.15, -0.1) is 0 Å². The molecule has 0 bridgehead atoms. The molecular weight excluding hydrogens is 162 g/mol. The van der Waals surface area contributed by atoms with E-state index in [0.29, 0.717) is 5.95 Å². The number of rotatable bonds is 1. The summed E-state index contributed by atoms with van der Waals surface area (Å²) in [7, 11) is 0. The van der Waals surface area contributed by atoms with Gasteiger partial charge in [0, 0.05) is 11.4 Å². The summed E-state index contributed by atoms with van der Waals surface area (Å²) >= 11 is 0. The second-order valence-corrected chi connectivity index (χ2v) is 2.55. The fourth-order valence-corrected chi connectivity index (χ4v) is 0.962. The van der Waals surface area contributed by atoms with Crippen LogP contribution in [-0.4, -0.2) is 9.97 Å². The van der Waals surface area contributed by atoms with E-state index in [9.17, 15) is 0 Å². The summed E-state index contributed by atoms with van der Waals surface area (Å²) in [6, 6.07) is 0. The smallest absolute Gasteiger partial charge is 0.220 e. The van der Waals surface area contributed by atoms with Crippen molar-refractivity contribution in [3.63, 3.8) is 0 Å². The topological polar surface area (TPSA) is 51.8 Å². The van der Waals surface area contributed by atoms with Gasteiger partial charge in [-0.2, -0.15) is 0 Å². The van der Waals surface area contributed by atoms with Crippen LogP contribution < -0.4 is 16.3 Å². The highest BCUT2D eigenvalue weighted by atomic mass is 15.0. The summed E-state index contributed by atoms with van der Waals surface area (Å²) in [6.07, 6.45) is 9.45. The molecule has 0 amide bonds. The maximum Gasteiger partial charge on any atom is 0.220 e. The molecule has 68 valence electrons. The summed E-state index contributed by atoms with van der Waals surface area (Å²) in [5, 5.41) is 1.85. The molecule has 0 aliphatic rings. The van der Waals surface area contributed by atoms with Gasteiger partial charge in [-0.25, -0.2) is 9.97 Å². The standard InChI is InChI=1S/C10H13N3/c1-3-5-6-9-8(4-2)7-12-10(11)13-9/h3-7H,1-2H3,(H2,11,13)/b5-3-,8-4-,9-6+. The highest BCUT2D eigenvalue weighted by Crippen LogP contribution is 1.77. The third-order valence-corrected chi connectivity index (χ3v) is 1.62. The Morgan fingerprint density at radius 2 is 2.15 bits per heavy atom. The van der Waals surface area contributed by atoms with E-state index < -0.39 is 0 Å². The van der Waals surface area contributed by atoms with Gasteiger partial charge in [0.25, 0.3) is 0 Å². The first-order chi connectivity index (χ1) is 6.27. The quantitative estimate of drug-likeness (QED) is 0.664. The van der Waals surface area contributed by atoms with Crippen LogP contribution in [0.5, 0.6) is 0 Å². The lowest BCUT2D eigenvalue weighted by Crippen LogP contribution is -2.29. The zero-order chi connectivity index (χ0) is 9.68. The summed E-state index contributed by atoms with van der Waals surface area (Å²) in [5.41, 5.74) is 5.47. The summed E-state index contributed by atoms with van der Waals surface area (Å²) in [5.74, 6) is 0.307. The zero-order valence-electron chi connectivity index (χ0n) is 7.86. The molecule has 0 fully saturated rings. The Morgan fingerprint density at radius 1 is 1.38 bits per heavy atom. The number of anilines is 1. The van der Waals surface area contributed by atoms with Crippen molar-refractivity contribution in [3.05, 3.63) is 28.9 Å². The van der Waals surface area contributed by atoms with Crippen LogP contribution in [0.25, 0.3) is 12.2 Å². The van der Waals surface area contributed by atoms with E-state index in [1.165, 1.54) is 0 Å². The molecule has 0 atom stereocenters. The van der Waals surface area contributed by atoms with Gasteiger partial charge in [0.05, 0.1) is 5.35 Å². The summed E-state index contributed by atoms with van der Waals surface area (Å²) in [4.78, 5) is 8.02. The molecule has 3 nitrogen and oxygen atoms in total. The van der Waals surface area contributed by atoms with Gasteiger partial charge in [-0.1, -0.05) is 18.2 Å². The summed E-state index contributed by atoms with van der Waals surface area (Å²) in [6.45, 7) is 3.90. The number of nitrogen functional groups attached to an aromatic ring is 1. The maximum absolute atomic E-state index is 5.47. The molecule has 0 aliphatic heterocycles. The predicted octanol–water partition coefficient (Wildman–Crippen LogP) is 0.216. The molecule has 0 radical (unpaired) electrons. The molecule has 0 aliphatic carbocycles. The second-order valence-electron chi connectivity index (χ2n) is 2.55. The average molecular weight is 175 g/mol. The monoisotopic (exact) mass is 175 g/mol. The molecule has 0 aromatic carbocycles. The van der Waals surface area contributed by atoms with Gasteiger partial charge in [0.1, 0.15) is 0 Å². The van der Waals surface area contributed by atoms with Crippen molar-refractivity contribution in [1.29, 1.82) is 0 Å². The number of nitrogens with two attached hydrogens (primary N) is 1. The third-order valence-electron chi connectivity index (χ3n) is 1.62. The Kier molecular flexibility index (Phi) is 3.20. The van der Waals surface area contributed by atoms with E-state index >= 15 is 0 Å². The Bertz CT molecular complexity index is 418. The predicted molar refractivity (Wildman–Crippen MR) is 55.1 cm³/mol. The van der Waals surface area contributed by atoms with Gasteiger partial charge >= 0.3 is 0 Å². The van der Waals surface area contributed by atoms with Gasteiger partial charge < -0.3 is 5.73 Å². The third kappa shape index (κ3) is 2.40. The summed E-state index contributed by atoms with van der Waals surface area (Å²) < 4.78 is 0. The molecule has 0 unspecified atom stereocenters. The Balaban J connectivity index is 3.41. The second kappa shape index (κ2) is 4.40. The highest BCUT2D eigenvalue weighted by Gasteiger charge is 1.87. The molecule has 1 heterocycles. The largest absolute Gasteiger partial charge is 0.368 e. The Hall–Kier alpha value is -1.64. The minimum Gasteiger partial charge on any atom is -0.368 e. The van der Waals surface area contributed by atoms with E-state index in [1.807, 2.05) is 38.2 Å². The number of allylic oxidation sites excluding steroid dienone is 2. The van der Waals surface area contributed by atoms with Crippen molar-refractivity contribution in [2.75, 3.05) is 5.73 Å². The first-order valence-corrected chi connectivity index (χ1v) is 4.16. The van der Waals surface area contributed by atoms with Gasteiger partial charge in [0.2, 0.25) is 5.95 Å². The van der Waals surface area contributed by atoms with E-state index in [1.54, 1.807) is 6.20 Å². The van der Waals surface area contributed by atoms with Crippen molar-refractivity contribution < 1.29 is 0 Å². The van der Waals surface area contributed by atoms with Crippen molar-refractivity contribution in [3.8, 4) is 0 Å². The minimum atomic E-state index is 0.307. The van der Waals surface area contributed by atoms with Crippen LogP contribution >= 0.6 is 0 Å². The number of nitrogens with zero attached hydrogens (tertiary/aromatic N) is 2. The van der Waals surface area contributed by atoms with Crippen LogP contribution in [-0.2, 0) is 0 Å². The van der Waals surface area contributed by atoms with E-state index in [4.69, 9.17) is 5.73 Å². The first-order valence-electron chi connectivity index (χ1n) is 4.16. The normalized spacial score (nSPS) is 14.3. The first kappa shape index (κ1) is 9.45.